The molecular formula is C13H19NO3. The van der Waals surface area contributed by atoms with E-state index in [9.17, 15) is 0 Å². The SMILES string of the molecule is CCCCOCc1cc2c(cc1N)OCCO2. The maximum absolute atomic E-state index is 5.94. The first kappa shape index (κ1) is 12.0. The second kappa shape index (κ2) is 5.77. The third-order valence-corrected chi connectivity index (χ3v) is 2.70. The van der Waals surface area contributed by atoms with Crippen molar-refractivity contribution in [3.63, 3.8) is 0 Å². The van der Waals surface area contributed by atoms with Crippen molar-refractivity contribution in [1.82, 2.24) is 0 Å². The average molecular weight is 237 g/mol. The molecule has 0 radical (unpaired) electrons. The molecule has 1 aliphatic rings. The Kier molecular flexibility index (Phi) is 4.09. The van der Waals surface area contributed by atoms with Gasteiger partial charge >= 0.3 is 0 Å². The van der Waals surface area contributed by atoms with Gasteiger partial charge in [0, 0.05) is 23.9 Å². The van der Waals surface area contributed by atoms with Gasteiger partial charge in [0.05, 0.1) is 6.61 Å². The van der Waals surface area contributed by atoms with E-state index in [1.165, 1.54) is 0 Å². The van der Waals surface area contributed by atoms with Gasteiger partial charge in [-0.05, 0) is 12.5 Å². The Labute approximate surface area is 102 Å². The number of hydrogen-bond acceptors (Lipinski definition) is 4. The number of anilines is 1. The zero-order valence-electron chi connectivity index (χ0n) is 10.2. The van der Waals surface area contributed by atoms with Crippen molar-refractivity contribution in [3.8, 4) is 11.5 Å². The summed E-state index contributed by atoms with van der Waals surface area (Å²) in [6.07, 6.45) is 2.21. The van der Waals surface area contributed by atoms with Crippen molar-refractivity contribution in [3.05, 3.63) is 17.7 Å². The molecule has 0 amide bonds. The predicted molar refractivity (Wildman–Crippen MR) is 66.4 cm³/mol. The Hall–Kier alpha value is -1.42. The predicted octanol–water partition coefficient (Wildman–Crippen LogP) is 2.36. The van der Waals surface area contributed by atoms with Gasteiger partial charge in [-0.15, -0.1) is 0 Å². The highest BCUT2D eigenvalue weighted by atomic mass is 16.6. The quantitative estimate of drug-likeness (QED) is 0.631. The number of hydrogen-bond donors (Lipinski definition) is 1. The summed E-state index contributed by atoms with van der Waals surface area (Å²) >= 11 is 0. The Morgan fingerprint density at radius 2 is 1.94 bits per heavy atom. The van der Waals surface area contributed by atoms with E-state index in [0.717, 1.165) is 36.5 Å². The monoisotopic (exact) mass is 237 g/mol. The Bertz CT molecular complexity index is 379. The molecule has 0 fully saturated rings. The number of ether oxygens (including phenoxy) is 3. The van der Waals surface area contributed by atoms with Crippen LogP contribution >= 0.6 is 0 Å². The summed E-state index contributed by atoms with van der Waals surface area (Å²) in [5, 5.41) is 0. The molecule has 0 saturated carbocycles. The minimum absolute atomic E-state index is 0.530. The summed E-state index contributed by atoms with van der Waals surface area (Å²) in [7, 11) is 0. The largest absolute Gasteiger partial charge is 0.486 e. The molecule has 94 valence electrons. The first-order chi connectivity index (χ1) is 8.31. The van der Waals surface area contributed by atoms with E-state index in [0.29, 0.717) is 25.5 Å². The van der Waals surface area contributed by atoms with E-state index < -0.39 is 0 Å². The van der Waals surface area contributed by atoms with E-state index in [1.807, 2.05) is 12.1 Å². The fourth-order valence-corrected chi connectivity index (χ4v) is 1.70. The molecule has 17 heavy (non-hydrogen) atoms. The van der Waals surface area contributed by atoms with Crippen molar-refractivity contribution in [2.75, 3.05) is 25.6 Å². The van der Waals surface area contributed by atoms with Crippen LogP contribution in [0.25, 0.3) is 0 Å². The summed E-state index contributed by atoms with van der Waals surface area (Å²) in [5.74, 6) is 1.49. The maximum atomic E-state index is 5.94. The fraction of sp³-hybridized carbons (Fsp3) is 0.538. The number of nitrogens with two attached hydrogens (primary N) is 1. The van der Waals surface area contributed by atoms with Crippen LogP contribution in [0.15, 0.2) is 12.1 Å². The molecule has 0 spiro atoms. The van der Waals surface area contributed by atoms with Gasteiger partial charge in [-0.1, -0.05) is 13.3 Å². The molecule has 2 N–H and O–H groups in total. The maximum Gasteiger partial charge on any atom is 0.163 e. The molecule has 1 aliphatic heterocycles. The third-order valence-electron chi connectivity index (χ3n) is 2.70. The van der Waals surface area contributed by atoms with Gasteiger partial charge in [-0.25, -0.2) is 0 Å². The van der Waals surface area contributed by atoms with Crippen LogP contribution in [0.4, 0.5) is 5.69 Å². The van der Waals surface area contributed by atoms with Crippen LogP contribution < -0.4 is 15.2 Å². The Morgan fingerprint density at radius 3 is 2.65 bits per heavy atom. The van der Waals surface area contributed by atoms with Crippen LogP contribution in [0.2, 0.25) is 0 Å². The summed E-state index contributed by atoms with van der Waals surface area (Å²) in [6.45, 7) is 4.61. The zero-order chi connectivity index (χ0) is 12.1. The average Bonchev–Trinajstić information content (AvgIpc) is 2.35. The van der Waals surface area contributed by atoms with Crippen LogP contribution in [0, 0.1) is 0 Å². The number of benzene rings is 1. The molecule has 0 aliphatic carbocycles. The summed E-state index contributed by atoms with van der Waals surface area (Å²) in [4.78, 5) is 0. The molecule has 4 heteroatoms. The first-order valence-corrected chi connectivity index (χ1v) is 6.07. The molecule has 0 aromatic heterocycles. The summed E-state index contributed by atoms with van der Waals surface area (Å²) in [5.41, 5.74) is 7.61. The molecular weight excluding hydrogens is 218 g/mol. The molecule has 0 saturated heterocycles. The standard InChI is InChI=1S/C13H19NO3/c1-2-3-4-15-9-10-7-12-13(8-11(10)14)17-6-5-16-12/h7-8H,2-6,9,14H2,1H3. The lowest BCUT2D eigenvalue weighted by molar-refractivity contribution is 0.117. The van der Waals surface area contributed by atoms with Crippen molar-refractivity contribution < 1.29 is 14.2 Å². The number of rotatable bonds is 5. The van der Waals surface area contributed by atoms with Crippen LogP contribution in [0.1, 0.15) is 25.3 Å². The van der Waals surface area contributed by atoms with Crippen LogP contribution in [-0.4, -0.2) is 19.8 Å². The highest BCUT2D eigenvalue weighted by molar-refractivity contribution is 5.58. The van der Waals surface area contributed by atoms with Gasteiger partial charge in [0.25, 0.3) is 0 Å². The van der Waals surface area contributed by atoms with Gasteiger partial charge in [0.1, 0.15) is 13.2 Å². The molecule has 1 heterocycles. The van der Waals surface area contributed by atoms with Crippen molar-refractivity contribution in [2.45, 2.75) is 26.4 Å². The van der Waals surface area contributed by atoms with E-state index in [4.69, 9.17) is 19.9 Å². The Balaban J connectivity index is 2.01. The van der Waals surface area contributed by atoms with Gasteiger partial charge in [-0.3, -0.25) is 0 Å². The number of fused-ring (bicyclic) bond motifs is 1. The molecule has 2 rings (SSSR count). The minimum atomic E-state index is 0.530. The second-order valence-electron chi connectivity index (χ2n) is 4.10. The van der Waals surface area contributed by atoms with Gasteiger partial charge < -0.3 is 19.9 Å². The molecule has 0 unspecified atom stereocenters. The second-order valence-corrected chi connectivity index (χ2v) is 4.10. The van der Waals surface area contributed by atoms with Crippen LogP contribution in [0.5, 0.6) is 11.5 Å². The molecule has 0 atom stereocenters. The topological polar surface area (TPSA) is 53.7 Å². The molecule has 1 aromatic rings. The van der Waals surface area contributed by atoms with Crippen LogP contribution in [-0.2, 0) is 11.3 Å². The van der Waals surface area contributed by atoms with Crippen molar-refractivity contribution in [1.29, 1.82) is 0 Å². The lowest BCUT2D eigenvalue weighted by atomic mass is 10.1. The summed E-state index contributed by atoms with van der Waals surface area (Å²) < 4.78 is 16.5. The number of unbranched alkanes of at least 4 members (excludes halogenated alkanes) is 1. The van der Waals surface area contributed by atoms with E-state index in [-0.39, 0.29) is 0 Å². The first-order valence-electron chi connectivity index (χ1n) is 6.07. The van der Waals surface area contributed by atoms with Crippen molar-refractivity contribution in [2.24, 2.45) is 0 Å². The Morgan fingerprint density at radius 1 is 1.24 bits per heavy atom. The minimum Gasteiger partial charge on any atom is -0.486 e. The molecule has 1 aromatic carbocycles. The zero-order valence-corrected chi connectivity index (χ0v) is 10.2. The van der Waals surface area contributed by atoms with E-state index in [1.54, 1.807) is 0 Å². The van der Waals surface area contributed by atoms with Crippen molar-refractivity contribution >= 4 is 5.69 Å². The van der Waals surface area contributed by atoms with E-state index >= 15 is 0 Å². The van der Waals surface area contributed by atoms with Crippen LogP contribution in [0.3, 0.4) is 0 Å². The lowest BCUT2D eigenvalue weighted by Gasteiger charge is -2.20. The highest BCUT2D eigenvalue weighted by Crippen LogP contribution is 2.34. The van der Waals surface area contributed by atoms with Gasteiger partial charge in [0.2, 0.25) is 0 Å². The fourth-order valence-electron chi connectivity index (χ4n) is 1.70. The highest BCUT2D eigenvalue weighted by Gasteiger charge is 2.14. The lowest BCUT2D eigenvalue weighted by Crippen LogP contribution is -2.16. The van der Waals surface area contributed by atoms with Gasteiger partial charge in [0.15, 0.2) is 11.5 Å². The third kappa shape index (κ3) is 3.03. The molecule has 4 nitrogen and oxygen atoms in total. The number of nitrogen functional groups attached to an aromatic ring is 1. The van der Waals surface area contributed by atoms with E-state index in [2.05, 4.69) is 6.92 Å². The smallest absolute Gasteiger partial charge is 0.163 e. The van der Waals surface area contributed by atoms with Gasteiger partial charge in [-0.2, -0.15) is 0 Å². The molecule has 0 bridgehead atoms. The summed E-state index contributed by atoms with van der Waals surface area (Å²) in [6, 6.07) is 3.72. The normalized spacial score (nSPS) is 13.7.